The van der Waals surface area contributed by atoms with Crippen LogP contribution in [0.5, 0.6) is 5.75 Å². The fraction of sp³-hybridized carbons (Fsp3) is 0.404. The number of carbonyl (C=O) groups excluding carboxylic acids is 2. The predicted molar refractivity (Wildman–Crippen MR) is 281 cm³/mol. The summed E-state index contributed by atoms with van der Waals surface area (Å²) in [5, 5.41) is 8.68. The minimum atomic E-state index is -5.27. The molecular formula is C52H49ClF10N7O10PS2. The first-order valence-corrected chi connectivity index (χ1v) is 30.2. The lowest BCUT2D eigenvalue weighted by Gasteiger charge is -2.31. The molecule has 8 rings (SSSR count). The summed E-state index contributed by atoms with van der Waals surface area (Å²) >= 11 is 6.78. The molecule has 446 valence electrons. The molecular weight excluding hydrogens is 1200 g/mol. The molecule has 1 saturated carbocycles. The van der Waals surface area contributed by atoms with Gasteiger partial charge in [-0.15, -0.1) is 0 Å². The number of nitrogens with one attached hydrogen (secondary N) is 1. The zero-order valence-corrected chi connectivity index (χ0v) is 48.0. The maximum absolute atomic E-state index is 15.7. The first-order valence-electron chi connectivity index (χ1n) is 24.6. The lowest BCUT2D eigenvalue weighted by Crippen LogP contribution is -2.40. The maximum Gasteiger partial charge on any atom is 0.524 e. The van der Waals surface area contributed by atoms with Crippen LogP contribution in [-0.2, 0) is 71.0 Å². The van der Waals surface area contributed by atoms with E-state index in [1.54, 1.807) is 13.0 Å². The molecule has 0 saturated heterocycles. The van der Waals surface area contributed by atoms with Gasteiger partial charge in [0, 0.05) is 52.3 Å². The number of pyridine rings is 1. The Morgan fingerprint density at radius 2 is 1.55 bits per heavy atom. The van der Waals surface area contributed by atoms with E-state index in [-0.39, 0.29) is 48.2 Å². The molecule has 3 N–H and O–H groups in total. The van der Waals surface area contributed by atoms with Gasteiger partial charge >= 0.3 is 20.2 Å². The van der Waals surface area contributed by atoms with E-state index in [0.717, 1.165) is 42.7 Å². The number of hydrogen-bond donors (Lipinski definition) is 3. The number of hydrogen-bond acceptors (Lipinski definition) is 11. The van der Waals surface area contributed by atoms with Gasteiger partial charge in [-0.25, -0.2) is 35.2 Å². The van der Waals surface area contributed by atoms with Crippen molar-refractivity contribution in [1.82, 2.24) is 29.9 Å². The lowest BCUT2D eigenvalue weighted by atomic mass is 9.78. The van der Waals surface area contributed by atoms with Crippen LogP contribution in [0, 0.1) is 43.2 Å². The summed E-state index contributed by atoms with van der Waals surface area (Å²) in [5.41, 5.74) is -7.03. The van der Waals surface area contributed by atoms with Gasteiger partial charge in [-0.1, -0.05) is 43.5 Å². The average Bonchev–Trinajstić information content (AvgIpc) is 2.05. The number of rotatable bonds is 16. The smallest absolute Gasteiger partial charge is 0.404 e. The van der Waals surface area contributed by atoms with E-state index in [1.807, 2.05) is 0 Å². The molecule has 1 fully saturated rings. The second-order valence-corrected chi connectivity index (χ2v) is 27.5. The molecule has 3 heterocycles. The number of anilines is 1. The van der Waals surface area contributed by atoms with E-state index < -0.39 is 173 Å². The van der Waals surface area contributed by atoms with Crippen molar-refractivity contribution in [3.8, 4) is 28.7 Å². The van der Waals surface area contributed by atoms with Gasteiger partial charge in [0.2, 0.25) is 21.8 Å². The highest BCUT2D eigenvalue weighted by atomic mass is 35.5. The highest BCUT2D eigenvalue weighted by Gasteiger charge is 2.68. The lowest BCUT2D eigenvalue weighted by molar-refractivity contribution is -0.143. The minimum absolute atomic E-state index is 0.0191. The van der Waals surface area contributed by atoms with E-state index in [2.05, 4.69) is 32.3 Å². The van der Waals surface area contributed by atoms with Gasteiger partial charge in [0.05, 0.1) is 33.9 Å². The number of fused-ring (bicyclic) bond motifs is 4. The number of sulfonamides is 1. The number of benzene rings is 3. The van der Waals surface area contributed by atoms with Crippen molar-refractivity contribution in [2.24, 2.45) is 5.92 Å². The Hall–Kier alpha value is -6.57. The zero-order chi connectivity index (χ0) is 61.9. The molecule has 0 spiro atoms. The number of sulfone groups is 1. The third-order valence-corrected chi connectivity index (χ3v) is 17.7. The van der Waals surface area contributed by atoms with Gasteiger partial charge < -0.3 is 9.84 Å². The summed E-state index contributed by atoms with van der Waals surface area (Å²) in [6.45, 7) is 4.91. The van der Waals surface area contributed by atoms with Crippen LogP contribution in [0.1, 0.15) is 103 Å². The first-order chi connectivity index (χ1) is 37.9. The summed E-state index contributed by atoms with van der Waals surface area (Å²) in [7, 11) is -14.2. The van der Waals surface area contributed by atoms with Crippen LogP contribution >= 0.6 is 19.4 Å². The first kappa shape index (κ1) is 62.5. The van der Waals surface area contributed by atoms with E-state index in [9.17, 15) is 75.9 Å². The quantitative estimate of drug-likeness (QED) is 0.0466. The van der Waals surface area contributed by atoms with Crippen LogP contribution in [0.3, 0.4) is 0 Å². The Balaban J connectivity index is 1.35. The van der Waals surface area contributed by atoms with Crippen molar-refractivity contribution in [2.75, 3.05) is 16.8 Å². The molecule has 2 aliphatic rings. The molecule has 0 unspecified atom stereocenters. The van der Waals surface area contributed by atoms with Crippen LogP contribution in [0.4, 0.5) is 49.7 Å². The van der Waals surface area contributed by atoms with Gasteiger partial charge in [0.1, 0.15) is 46.6 Å². The van der Waals surface area contributed by atoms with Gasteiger partial charge in [0.15, 0.2) is 21.3 Å². The average molecular weight is 1250 g/mol. The summed E-state index contributed by atoms with van der Waals surface area (Å²) in [6.07, 6.45) is -11.0. The van der Waals surface area contributed by atoms with Crippen molar-refractivity contribution in [3.63, 3.8) is 0 Å². The van der Waals surface area contributed by atoms with E-state index >= 15 is 8.78 Å². The highest BCUT2D eigenvalue weighted by molar-refractivity contribution is 7.93. The second kappa shape index (κ2) is 21.2. The zero-order valence-electron chi connectivity index (χ0n) is 44.7. The van der Waals surface area contributed by atoms with Crippen molar-refractivity contribution < 1.29 is 89.2 Å². The fourth-order valence-electron chi connectivity index (χ4n) is 10.4. The van der Waals surface area contributed by atoms with Crippen molar-refractivity contribution >= 4 is 67.8 Å². The number of phosphoric acid groups is 1. The number of aryl methyl sites for hydroxylation is 2. The summed E-state index contributed by atoms with van der Waals surface area (Å²) in [4.78, 5) is 53.2. The maximum atomic E-state index is 15.7. The topological polar surface area (TPSA) is 233 Å². The normalized spacial score (nSPS) is 16.7. The number of aromatic nitrogens is 5. The number of nitrogens with zero attached hydrogens (tertiary/aromatic N) is 6. The fourth-order valence-corrected chi connectivity index (χ4v) is 12.1. The molecule has 17 nitrogen and oxygen atoms in total. The van der Waals surface area contributed by atoms with Crippen molar-refractivity contribution in [2.45, 2.75) is 114 Å². The van der Waals surface area contributed by atoms with Crippen LogP contribution in [0.15, 0.2) is 54.6 Å². The van der Waals surface area contributed by atoms with E-state index in [1.165, 1.54) is 40.7 Å². The minimum Gasteiger partial charge on any atom is -0.404 e. The molecule has 3 aromatic heterocycles. The number of alkyl halides is 8. The number of halogens is 11. The molecule has 31 heteroatoms. The largest absolute Gasteiger partial charge is 0.524 e. The number of carbonyl (C=O) groups is 2. The van der Waals surface area contributed by atoms with Crippen molar-refractivity contribution in [3.05, 3.63) is 122 Å². The SMILES string of the molecule is Cc1cc(C)c(C(C)(C)CC(=O)N(c2nn(CC(F)(F)F)c3c(-c4ccc(C#CC(C)(C)S(C)(=O)=O)nc4[C@H](Cc4cc(F)cc(F)c4)NC(=O)Cn4nc(C(F)(F)F)c5c4C(F)(F)[C@@H]4C[C@H]54)ccc(Cl)c23)S(C)(=O)=O)c(OP(=O)(O)O)c1. The second-order valence-electron chi connectivity index (χ2n) is 21.5. The Morgan fingerprint density at radius 1 is 0.928 bits per heavy atom. The Morgan fingerprint density at radius 3 is 2.13 bits per heavy atom. The monoisotopic (exact) mass is 1250 g/mol. The molecule has 2 amide bonds. The third-order valence-electron chi connectivity index (χ3n) is 14.0. The Kier molecular flexibility index (Phi) is 15.9. The van der Waals surface area contributed by atoms with Gasteiger partial charge in [-0.05, 0) is 105 Å². The van der Waals surface area contributed by atoms with Gasteiger partial charge in [-0.3, -0.25) is 28.7 Å². The van der Waals surface area contributed by atoms with Crippen LogP contribution in [-0.4, -0.2) is 86.4 Å². The summed E-state index contributed by atoms with van der Waals surface area (Å²) in [6, 6.07) is 7.40. The number of amides is 2. The molecule has 0 aliphatic heterocycles. The molecule has 2 aliphatic carbocycles. The van der Waals surface area contributed by atoms with E-state index in [4.69, 9.17) is 16.1 Å². The molecule has 3 aromatic carbocycles. The van der Waals surface area contributed by atoms with Gasteiger partial charge in [-0.2, -0.15) is 49.6 Å². The summed E-state index contributed by atoms with van der Waals surface area (Å²) < 4.78 is 218. The van der Waals surface area contributed by atoms with Crippen LogP contribution < -0.4 is 14.1 Å². The standard InChI is InChI=1S/C52H49ClF10N7O10PS2/c1-25-15-26(2)42(37(16-25)80-81(73,74)75)48(3,4)22-39(72)70(83(8,78)79)47-41-35(53)12-11-32(44(41)69(67-47)24-50(56,57)58)31-10-9-30(13-14-49(5,6)82(7,76)77)64-43(31)36(19-27-17-28(54)20-29(55)18-27)65-38(71)23-68-46-40(45(66-68)52(61,62)63)33-21-34(33)51(46,59)60/h9-12,15-18,20,33-34,36H,19,21-24H2,1-8H3,(H,65,71)(H2,73,74,75)/t33-,34+,36-/m0/s1. The van der Waals surface area contributed by atoms with Crippen LogP contribution in [0.2, 0.25) is 5.02 Å². The van der Waals surface area contributed by atoms with E-state index in [0.29, 0.717) is 23.4 Å². The molecule has 0 bridgehead atoms. The van der Waals surface area contributed by atoms with Crippen molar-refractivity contribution in [1.29, 1.82) is 0 Å². The number of phosphoric ester groups is 1. The Labute approximate surface area is 472 Å². The van der Waals surface area contributed by atoms with Crippen LogP contribution in [0.25, 0.3) is 22.0 Å². The highest BCUT2D eigenvalue weighted by Crippen LogP contribution is 2.68. The Bertz CT molecular complexity index is 4020. The molecule has 6 aromatic rings. The summed E-state index contributed by atoms with van der Waals surface area (Å²) in [5.74, 6) is -8.00. The molecule has 3 atom stereocenters. The third kappa shape index (κ3) is 12.9. The van der Waals surface area contributed by atoms with Gasteiger partial charge in [0.25, 0.3) is 5.92 Å². The predicted octanol–water partition coefficient (Wildman–Crippen LogP) is 10.0. The molecule has 0 radical (unpaired) electrons. The molecule has 83 heavy (non-hydrogen) atoms.